The van der Waals surface area contributed by atoms with Crippen molar-refractivity contribution in [3.63, 3.8) is 0 Å². The summed E-state index contributed by atoms with van der Waals surface area (Å²) >= 11 is 0. The molecule has 3 aromatic carbocycles. The van der Waals surface area contributed by atoms with Crippen molar-refractivity contribution in [2.75, 3.05) is 30.6 Å². The van der Waals surface area contributed by atoms with Crippen molar-refractivity contribution in [2.24, 2.45) is 0 Å². The van der Waals surface area contributed by atoms with Crippen molar-refractivity contribution in [1.29, 1.82) is 0 Å². The molecule has 0 aromatic heterocycles. The molecule has 0 saturated carbocycles. The van der Waals surface area contributed by atoms with Gasteiger partial charge in [-0.1, -0.05) is 37.3 Å². The number of hydrogen-bond donors (Lipinski definition) is 1. The third-order valence-electron chi connectivity index (χ3n) is 6.43. The zero-order valence-corrected chi connectivity index (χ0v) is 23.2. The molecule has 1 unspecified atom stereocenters. The number of sulfonamides is 1. The maximum Gasteiger partial charge on any atom is 0.264 e. The first-order valence-electron chi connectivity index (χ1n) is 13.0. The molecule has 4 rings (SSSR count). The van der Waals surface area contributed by atoms with Crippen molar-refractivity contribution in [3.8, 4) is 11.5 Å². The van der Waals surface area contributed by atoms with E-state index in [-0.39, 0.29) is 35.4 Å². The zero-order chi connectivity index (χ0) is 28.7. The number of halogens is 1. The summed E-state index contributed by atoms with van der Waals surface area (Å²) < 4.78 is 53.7. The Morgan fingerprint density at radius 2 is 1.62 bits per heavy atom. The third kappa shape index (κ3) is 6.53. The molecule has 1 aliphatic heterocycles. The first-order valence-corrected chi connectivity index (χ1v) is 14.5. The van der Waals surface area contributed by atoms with E-state index in [1.54, 1.807) is 13.8 Å². The predicted molar refractivity (Wildman–Crippen MR) is 148 cm³/mol. The van der Waals surface area contributed by atoms with Gasteiger partial charge in [0.05, 0.1) is 10.6 Å². The summed E-state index contributed by atoms with van der Waals surface area (Å²) in [5.74, 6) is -0.800. The van der Waals surface area contributed by atoms with Crippen LogP contribution in [-0.4, -0.2) is 57.5 Å². The Balaban J connectivity index is 1.73. The number of hydrogen-bond acceptors (Lipinski definition) is 6. The Labute approximate surface area is 233 Å². The molecule has 11 heteroatoms. The van der Waals surface area contributed by atoms with Gasteiger partial charge in [-0.2, -0.15) is 0 Å². The van der Waals surface area contributed by atoms with E-state index < -0.39 is 34.3 Å². The molecule has 1 heterocycles. The van der Waals surface area contributed by atoms with Crippen molar-refractivity contribution >= 4 is 27.5 Å². The van der Waals surface area contributed by atoms with Gasteiger partial charge in [0.2, 0.25) is 11.8 Å². The van der Waals surface area contributed by atoms with Crippen LogP contribution in [0.2, 0.25) is 0 Å². The van der Waals surface area contributed by atoms with Gasteiger partial charge < -0.3 is 19.7 Å². The van der Waals surface area contributed by atoms with Crippen molar-refractivity contribution in [3.05, 3.63) is 84.2 Å². The van der Waals surface area contributed by atoms with E-state index in [0.717, 1.165) is 22.0 Å². The minimum absolute atomic E-state index is 0.0929. The lowest BCUT2D eigenvalue weighted by molar-refractivity contribution is -0.140. The minimum Gasteiger partial charge on any atom is -0.486 e. The Kier molecular flexibility index (Phi) is 9.26. The van der Waals surface area contributed by atoms with Gasteiger partial charge in [0, 0.05) is 19.2 Å². The van der Waals surface area contributed by atoms with Crippen LogP contribution in [-0.2, 0) is 26.2 Å². The number of rotatable bonds is 11. The highest BCUT2D eigenvalue weighted by Crippen LogP contribution is 2.34. The second-order valence-electron chi connectivity index (χ2n) is 9.12. The first kappa shape index (κ1) is 28.9. The fraction of sp³-hybridized carbons (Fsp3) is 0.310. The summed E-state index contributed by atoms with van der Waals surface area (Å²) in [7, 11) is -4.34. The number of nitrogens with one attached hydrogen (secondary N) is 1. The number of carbonyl (C=O) groups is 2. The normalized spacial score (nSPS) is 13.3. The highest BCUT2D eigenvalue weighted by Gasteiger charge is 2.34. The molecule has 0 radical (unpaired) electrons. The average molecular weight is 570 g/mol. The van der Waals surface area contributed by atoms with E-state index in [9.17, 15) is 22.4 Å². The number of carbonyl (C=O) groups excluding carboxylic acids is 2. The minimum atomic E-state index is -4.34. The molecule has 9 nitrogen and oxygen atoms in total. The topological polar surface area (TPSA) is 105 Å². The lowest BCUT2D eigenvalue weighted by Crippen LogP contribution is -2.52. The van der Waals surface area contributed by atoms with Crippen LogP contribution in [0.3, 0.4) is 0 Å². The summed E-state index contributed by atoms with van der Waals surface area (Å²) in [6.45, 7) is 4.03. The van der Waals surface area contributed by atoms with Gasteiger partial charge in [0.25, 0.3) is 10.0 Å². The molecule has 0 aliphatic carbocycles. The van der Waals surface area contributed by atoms with E-state index in [1.165, 1.54) is 35.2 Å². The van der Waals surface area contributed by atoms with Crippen LogP contribution >= 0.6 is 0 Å². The van der Waals surface area contributed by atoms with Crippen LogP contribution in [0, 0.1) is 5.82 Å². The van der Waals surface area contributed by atoms with Gasteiger partial charge in [-0.05, 0) is 55.3 Å². The van der Waals surface area contributed by atoms with Gasteiger partial charge in [-0.15, -0.1) is 0 Å². The van der Waals surface area contributed by atoms with E-state index in [4.69, 9.17) is 9.47 Å². The molecule has 0 bridgehead atoms. The van der Waals surface area contributed by atoms with E-state index in [0.29, 0.717) is 25.3 Å². The average Bonchev–Trinajstić information content (AvgIpc) is 2.96. The van der Waals surface area contributed by atoms with Crippen LogP contribution in [0.1, 0.15) is 25.8 Å². The molecule has 1 aliphatic rings. The smallest absolute Gasteiger partial charge is 0.264 e. The van der Waals surface area contributed by atoms with Crippen LogP contribution in [0.4, 0.5) is 10.1 Å². The molecule has 0 spiro atoms. The van der Waals surface area contributed by atoms with Crippen LogP contribution in [0.25, 0.3) is 0 Å². The summed E-state index contributed by atoms with van der Waals surface area (Å²) in [4.78, 5) is 28.2. The van der Waals surface area contributed by atoms with Gasteiger partial charge >= 0.3 is 0 Å². The van der Waals surface area contributed by atoms with Crippen molar-refractivity contribution in [2.45, 2.75) is 37.8 Å². The number of amides is 2. The predicted octanol–water partition coefficient (Wildman–Crippen LogP) is 3.74. The summed E-state index contributed by atoms with van der Waals surface area (Å²) in [5, 5.41) is 2.76. The number of ether oxygens (including phenoxy) is 2. The summed E-state index contributed by atoms with van der Waals surface area (Å²) in [5.41, 5.74) is 0.872. The van der Waals surface area contributed by atoms with Crippen molar-refractivity contribution < 1.29 is 31.9 Å². The number of anilines is 1. The van der Waals surface area contributed by atoms with Gasteiger partial charge in [0.1, 0.15) is 31.6 Å². The Bertz CT molecular complexity index is 1430. The largest absolute Gasteiger partial charge is 0.486 e. The Morgan fingerprint density at radius 1 is 0.950 bits per heavy atom. The van der Waals surface area contributed by atoms with Gasteiger partial charge in [-0.3, -0.25) is 13.9 Å². The molecule has 2 amide bonds. The molecule has 1 atom stereocenters. The Morgan fingerprint density at radius 3 is 2.27 bits per heavy atom. The van der Waals surface area contributed by atoms with E-state index in [1.807, 2.05) is 30.3 Å². The standard InChI is InChI=1S/C29H32FN3O6S/c1-3-25(29(35)31-4-2)32(19-21-8-6-5-7-9-21)28(34)20-33(23-12-10-22(30)11-13-23)40(36,37)24-14-15-26-27(18-24)39-17-16-38-26/h5-15,18,25H,3-4,16-17,19-20H2,1-2H3,(H,31,35). The zero-order valence-electron chi connectivity index (χ0n) is 22.4. The quantitative estimate of drug-likeness (QED) is 0.377. The van der Waals surface area contributed by atoms with Crippen molar-refractivity contribution in [1.82, 2.24) is 10.2 Å². The van der Waals surface area contributed by atoms with Crippen LogP contribution in [0.5, 0.6) is 11.5 Å². The number of likely N-dealkylation sites (N-methyl/N-ethyl adjacent to an activating group) is 1. The highest BCUT2D eigenvalue weighted by molar-refractivity contribution is 7.92. The van der Waals surface area contributed by atoms with Gasteiger partial charge in [-0.25, -0.2) is 12.8 Å². The molecule has 1 N–H and O–H groups in total. The summed E-state index contributed by atoms with van der Waals surface area (Å²) in [6, 6.07) is 17.3. The summed E-state index contributed by atoms with van der Waals surface area (Å²) in [6.07, 6.45) is 0.315. The molecule has 3 aromatic rings. The van der Waals surface area contributed by atoms with Crippen LogP contribution in [0.15, 0.2) is 77.7 Å². The van der Waals surface area contributed by atoms with Crippen LogP contribution < -0.4 is 19.1 Å². The number of benzene rings is 3. The maximum atomic E-state index is 14.0. The van der Waals surface area contributed by atoms with Gasteiger partial charge in [0.15, 0.2) is 11.5 Å². The molecular weight excluding hydrogens is 537 g/mol. The van der Waals surface area contributed by atoms with E-state index in [2.05, 4.69) is 5.32 Å². The lowest BCUT2D eigenvalue weighted by Gasteiger charge is -2.33. The molecule has 0 saturated heterocycles. The monoisotopic (exact) mass is 569 g/mol. The lowest BCUT2D eigenvalue weighted by atomic mass is 10.1. The molecular formula is C29H32FN3O6S. The number of nitrogens with zero attached hydrogens (tertiary/aromatic N) is 2. The SMILES string of the molecule is CCNC(=O)C(CC)N(Cc1ccccc1)C(=O)CN(c1ccc(F)cc1)S(=O)(=O)c1ccc2c(c1)OCCO2. The van der Waals surface area contributed by atoms with E-state index >= 15 is 0 Å². The molecule has 40 heavy (non-hydrogen) atoms. The second kappa shape index (κ2) is 12.8. The second-order valence-corrected chi connectivity index (χ2v) is 11.0. The number of fused-ring (bicyclic) bond motifs is 1. The maximum absolute atomic E-state index is 14.0. The fourth-order valence-electron chi connectivity index (χ4n) is 4.44. The highest BCUT2D eigenvalue weighted by atomic mass is 32.2. The third-order valence-corrected chi connectivity index (χ3v) is 8.20. The first-order chi connectivity index (χ1) is 19.2. The Hall–Kier alpha value is -4.12. The fourth-order valence-corrected chi connectivity index (χ4v) is 5.87. The molecule has 212 valence electrons. The molecule has 0 fully saturated rings.